The summed E-state index contributed by atoms with van der Waals surface area (Å²) in [7, 11) is 0.803. The van der Waals surface area contributed by atoms with Gasteiger partial charge in [-0.3, -0.25) is 18.7 Å². The summed E-state index contributed by atoms with van der Waals surface area (Å²) >= 11 is 13.4. The smallest absolute Gasteiger partial charge is 0.336 e. The number of fused-ring (bicyclic) bond motifs is 2. The zero-order valence-electron chi connectivity index (χ0n) is 29.3. The number of nitrogens with zero attached hydrogens (tertiary/aromatic N) is 3. The first-order valence-corrected chi connectivity index (χ1v) is 19.2. The van der Waals surface area contributed by atoms with Crippen molar-refractivity contribution in [2.24, 2.45) is 0 Å². The molecule has 4 atom stereocenters. The Hall–Kier alpha value is -3.42. The minimum Gasteiger partial charge on any atom is -0.466 e. The van der Waals surface area contributed by atoms with E-state index in [1.807, 2.05) is 6.07 Å². The summed E-state index contributed by atoms with van der Waals surface area (Å²) in [4.78, 5) is 60.4. The first-order chi connectivity index (χ1) is 24.5. The maximum absolute atomic E-state index is 14.1. The van der Waals surface area contributed by atoms with Gasteiger partial charge in [0.25, 0.3) is 0 Å². The van der Waals surface area contributed by atoms with Crippen molar-refractivity contribution in [3.05, 3.63) is 86.7 Å². The second kappa shape index (κ2) is 17.2. The van der Waals surface area contributed by atoms with Crippen LogP contribution in [0.2, 0.25) is 10.0 Å². The summed E-state index contributed by atoms with van der Waals surface area (Å²) in [6, 6.07) is 14.5. The van der Waals surface area contributed by atoms with Gasteiger partial charge in [0.15, 0.2) is 0 Å². The predicted octanol–water partition coefficient (Wildman–Crippen LogP) is 4.84. The lowest BCUT2D eigenvalue weighted by Crippen LogP contribution is -2.57. The van der Waals surface area contributed by atoms with Crippen LogP contribution in [0.25, 0.3) is 0 Å². The molecule has 15 heteroatoms. The molecule has 4 heterocycles. The van der Waals surface area contributed by atoms with Crippen molar-refractivity contribution in [3.8, 4) is 0 Å². The van der Waals surface area contributed by atoms with E-state index in [2.05, 4.69) is 15.1 Å². The number of carbonyl (C=O) groups is 4. The molecule has 2 amide bonds. The number of dihydropyridines is 1. The average Bonchev–Trinajstić information content (AvgIpc) is 3.41. The van der Waals surface area contributed by atoms with E-state index in [1.165, 1.54) is 14.2 Å². The van der Waals surface area contributed by atoms with Crippen LogP contribution < -0.4 is 5.32 Å². The number of rotatable bonds is 9. The van der Waals surface area contributed by atoms with Crippen molar-refractivity contribution in [1.29, 1.82) is 0 Å². The molecule has 0 saturated carbocycles. The second-order valence-corrected chi connectivity index (χ2v) is 15.6. The summed E-state index contributed by atoms with van der Waals surface area (Å²) < 4.78 is 24.1. The van der Waals surface area contributed by atoms with Crippen LogP contribution in [0.4, 0.5) is 0 Å². The zero-order chi connectivity index (χ0) is 36.4. The Morgan fingerprint density at radius 3 is 1.90 bits per heavy atom. The fourth-order valence-electron chi connectivity index (χ4n) is 8.19. The summed E-state index contributed by atoms with van der Waals surface area (Å²) in [5.74, 6) is -2.98. The van der Waals surface area contributed by atoms with Gasteiger partial charge in [0, 0.05) is 83.1 Å². The highest BCUT2D eigenvalue weighted by molar-refractivity contribution is 7.85. The Morgan fingerprint density at radius 2 is 1.37 bits per heavy atom. The van der Waals surface area contributed by atoms with Gasteiger partial charge in [-0.1, -0.05) is 47.5 Å². The molecule has 2 bridgehead atoms. The number of esters is 2. The first-order valence-electron chi connectivity index (χ1n) is 17.1. The highest BCUT2D eigenvalue weighted by Crippen LogP contribution is 2.46. The molecular formula is C37H43Cl3N4O7S. The molecule has 0 spiro atoms. The molecule has 0 radical (unpaired) electrons. The van der Waals surface area contributed by atoms with Gasteiger partial charge >= 0.3 is 11.9 Å². The van der Waals surface area contributed by atoms with Crippen LogP contribution in [0.15, 0.2) is 76.0 Å². The van der Waals surface area contributed by atoms with Gasteiger partial charge in [-0.25, -0.2) is 9.59 Å². The number of amides is 2. The molecule has 52 heavy (non-hydrogen) atoms. The molecule has 3 unspecified atom stereocenters. The van der Waals surface area contributed by atoms with Crippen LogP contribution >= 0.6 is 35.6 Å². The van der Waals surface area contributed by atoms with Crippen molar-refractivity contribution in [2.45, 2.75) is 68.0 Å². The number of halogens is 3. The number of carbonyl (C=O) groups excluding carboxylic acids is 4. The Labute approximate surface area is 322 Å². The minimum absolute atomic E-state index is 0. The number of piperazine rings is 1. The van der Waals surface area contributed by atoms with Crippen molar-refractivity contribution >= 4 is 70.2 Å². The van der Waals surface area contributed by atoms with Gasteiger partial charge in [-0.05, 0) is 49.9 Å². The normalized spacial score (nSPS) is 23.8. The van der Waals surface area contributed by atoms with Gasteiger partial charge in [-0.2, -0.15) is 0 Å². The van der Waals surface area contributed by atoms with E-state index in [9.17, 15) is 23.4 Å². The van der Waals surface area contributed by atoms with Crippen LogP contribution in [0, 0.1) is 0 Å². The van der Waals surface area contributed by atoms with Crippen LogP contribution in [0.1, 0.15) is 50.5 Å². The standard InChI is InChI=1S/C37H42Cl2N4O7S.ClH/c1-22(44)43-23-12-13-24(43)19-25(18-23)41-14-16-42(17-15-41)31(45)20-29-33(36(46)49-2)35(32-27(38)10-7-11-28(32)39)34(37(47)50-3)30(40-29)21-51(48)26-8-5-4-6-9-26;/h4-11,23-25,35,40H,12-21H2,1-3H3;1H/t23?,24?,25?,35-,51?;/m0./s1. The number of piperidine rings is 1. The molecule has 0 aliphatic carbocycles. The highest BCUT2D eigenvalue weighted by Gasteiger charge is 2.45. The van der Waals surface area contributed by atoms with E-state index in [0.29, 0.717) is 37.1 Å². The van der Waals surface area contributed by atoms with Gasteiger partial charge < -0.3 is 24.6 Å². The quantitative estimate of drug-likeness (QED) is 0.356. The average molecular weight is 794 g/mol. The molecule has 11 nitrogen and oxygen atoms in total. The second-order valence-electron chi connectivity index (χ2n) is 13.3. The van der Waals surface area contributed by atoms with Crippen molar-refractivity contribution in [1.82, 2.24) is 20.0 Å². The maximum Gasteiger partial charge on any atom is 0.336 e. The van der Waals surface area contributed by atoms with Crippen molar-refractivity contribution in [3.63, 3.8) is 0 Å². The molecule has 2 aromatic carbocycles. The van der Waals surface area contributed by atoms with Gasteiger partial charge in [-0.15, -0.1) is 12.4 Å². The molecular weight excluding hydrogens is 751 g/mol. The van der Waals surface area contributed by atoms with E-state index in [0.717, 1.165) is 25.7 Å². The van der Waals surface area contributed by atoms with E-state index in [4.69, 9.17) is 32.7 Å². The number of hydrogen-bond acceptors (Lipinski definition) is 9. The molecule has 280 valence electrons. The summed E-state index contributed by atoms with van der Waals surface area (Å²) in [6.07, 6.45) is 3.74. The topological polar surface area (TPSA) is 126 Å². The summed E-state index contributed by atoms with van der Waals surface area (Å²) in [6.45, 7) is 4.03. The van der Waals surface area contributed by atoms with E-state index >= 15 is 0 Å². The lowest BCUT2D eigenvalue weighted by molar-refractivity contribution is -0.137. The number of methoxy groups -OCH3 is 2. The maximum atomic E-state index is 14.1. The third kappa shape index (κ3) is 8.06. The lowest BCUT2D eigenvalue weighted by Gasteiger charge is -2.45. The minimum atomic E-state index is -1.63. The predicted molar refractivity (Wildman–Crippen MR) is 201 cm³/mol. The Kier molecular flexibility index (Phi) is 13.1. The zero-order valence-corrected chi connectivity index (χ0v) is 32.4. The fraction of sp³-hybridized carbons (Fsp3) is 0.459. The molecule has 0 aromatic heterocycles. The third-order valence-corrected chi connectivity index (χ3v) is 12.5. The van der Waals surface area contributed by atoms with Crippen LogP contribution in [-0.2, 0) is 39.5 Å². The van der Waals surface area contributed by atoms with E-state index in [-0.39, 0.29) is 86.6 Å². The molecule has 2 aromatic rings. The first kappa shape index (κ1) is 39.8. The molecule has 3 fully saturated rings. The SMILES string of the molecule is COC(=O)C1=C(CC(=O)N2CCN(C3CC4CCC(C3)N4C(C)=O)CC2)NC(CS(=O)c2ccccc2)=C(C(=O)OC)[C@H]1c1c(Cl)cccc1Cl.Cl. The van der Waals surface area contributed by atoms with E-state index in [1.54, 1.807) is 54.3 Å². The molecule has 3 saturated heterocycles. The highest BCUT2D eigenvalue weighted by atomic mass is 35.5. The van der Waals surface area contributed by atoms with Crippen molar-refractivity contribution < 1.29 is 32.9 Å². The fourth-order valence-corrected chi connectivity index (χ4v) is 9.92. The van der Waals surface area contributed by atoms with Crippen LogP contribution in [0.5, 0.6) is 0 Å². The third-order valence-electron chi connectivity index (χ3n) is 10.5. The Balaban J connectivity index is 0.00000523. The van der Waals surface area contributed by atoms with Crippen molar-refractivity contribution in [2.75, 3.05) is 46.2 Å². The van der Waals surface area contributed by atoms with Gasteiger partial charge in [0.05, 0.1) is 54.3 Å². The van der Waals surface area contributed by atoms with Gasteiger partial charge in [0.2, 0.25) is 11.8 Å². The largest absolute Gasteiger partial charge is 0.466 e. The van der Waals surface area contributed by atoms with E-state index < -0.39 is 28.7 Å². The molecule has 4 aliphatic rings. The lowest BCUT2D eigenvalue weighted by atomic mass is 9.79. The van der Waals surface area contributed by atoms with Gasteiger partial charge in [0.1, 0.15) is 0 Å². The van der Waals surface area contributed by atoms with Crippen LogP contribution in [0.3, 0.4) is 0 Å². The summed E-state index contributed by atoms with van der Waals surface area (Å²) in [5, 5.41) is 3.54. The number of hydrogen-bond donors (Lipinski definition) is 1. The number of benzene rings is 2. The Bertz CT molecular complexity index is 1760. The monoisotopic (exact) mass is 792 g/mol. The molecule has 6 rings (SSSR count). The molecule has 1 N–H and O–H groups in total. The molecule has 4 aliphatic heterocycles. The number of ether oxygens (including phenoxy) is 2. The Morgan fingerprint density at radius 1 is 0.808 bits per heavy atom. The number of nitrogens with one attached hydrogen (secondary N) is 1. The van der Waals surface area contributed by atoms with Crippen LogP contribution in [-0.4, -0.2) is 107 Å². The summed E-state index contributed by atoms with van der Waals surface area (Å²) in [5.41, 5.74) is 0.663.